The van der Waals surface area contributed by atoms with Gasteiger partial charge in [-0.1, -0.05) is 0 Å². The van der Waals surface area contributed by atoms with E-state index in [0.717, 1.165) is 0 Å². The van der Waals surface area contributed by atoms with Gasteiger partial charge in [0, 0.05) is 5.69 Å². The first kappa shape index (κ1) is 7.17. The van der Waals surface area contributed by atoms with Gasteiger partial charge in [0.15, 0.2) is 0 Å². The van der Waals surface area contributed by atoms with E-state index < -0.39 is 0 Å². The molecule has 1 aromatic rings. The molecule has 0 aromatic carbocycles. The molecule has 0 N–H and O–H groups in total. The van der Waals surface area contributed by atoms with Crippen molar-refractivity contribution >= 4 is 0 Å². The Bertz CT molecular complexity index is 323. The van der Waals surface area contributed by atoms with E-state index in [2.05, 4.69) is 9.97 Å². The lowest BCUT2D eigenvalue weighted by Crippen LogP contribution is -1.94. The second-order valence-electron chi connectivity index (χ2n) is 1.94. The fraction of sp³-hybridized carbons (Fsp3) is 0.143. The highest BCUT2D eigenvalue weighted by molar-refractivity contribution is 5.25. The zero-order valence-electron chi connectivity index (χ0n) is 5.87. The average Bonchev–Trinajstić information content (AvgIpc) is 2.03. The van der Waals surface area contributed by atoms with Crippen molar-refractivity contribution in [3.63, 3.8) is 0 Å². The molecule has 52 valence electrons. The van der Waals surface area contributed by atoms with Gasteiger partial charge in [-0.05, 0) is 13.0 Å². The number of aromatic nitrogens is 2. The molecule has 0 saturated heterocycles. The van der Waals surface area contributed by atoms with Crippen LogP contribution >= 0.6 is 0 Å². The van der Waals surface area contributed by atoms with Crippen molar-refractivity contribution in [3.05, 3.63) is 23.3 Å². The van der Waals surface area contributed by atoms with Crippen molar-refractivity contribution < 1.29 is 0 Å². The van der Waals surface area contributed by atoms with Crippen molar-refractivity contribution in [1.29, 1.82) is 10.5 Å². The van der Waals surface area contributed by atoms with E-state index in [1.165, 1.54) is 6.07 Å². The van der Waals surface area contributed by atoms with Gasteiger partial charge in [-0.2, -0.15) is 10.5 Å². The smallest absolute Gasteiger partial charge is 0.224 e. The Kier molecular flexibility index (Phi) is 1.80. The molecule has 1 rings (SSSR count). The van der Waals surface area contributed by atoms with E-state index in [1.54, 1.807) is 13.0 Å². The molecule has 0 aliphatic heterocycles. The van der Waals surface area contributed by atoms with Crippen LogP contribution in [0.4, 0.5) is 0 Å². The largest absolute Gasteiger partial charge is 0.233 e. The second-order valence-corrected chi connectivity index (χ2v) is 1.94. The van der Waals surface area contributed by atoms with Crippen LogP contribution in [0.15, 0.2) is 6.07 Å². The maximum Gasteiger partial charge on any atom is 0.233 e. The summed E-state index contributed by atoms with van der Waals surface area (Å²) in [6.45, 7) is 1.71. The van der Waals surface area contributed by atoms with Gasteiger partial charge in [0.2, 0.25) is 5.82 Å². The topological polar surface area (TPSA) is 73.4 Å². The van der Waals surface area contributed by atoms with Gasteiger partial charge >= 0.3 is 0 Å². The number of rotatable bonds is 0. The van der Waals surface area contributed by atoms with Crippen LogP contribution in [0, 0.1) is 29.6 Å². The summed E-state index contributed by atoms with van der Waals surface area (Å²) in [5, 5.41) is 16.8. The summed E-state index contributed by atoms with van der Waals surface area (Å²) >= 11 is 0. The molecule has 0 aliphatic rings. The lowest BCUT2D eigenvalue weighted by Gasteiger charge is -1.91. The van der Waals surface area contributed by atoms with Crippen molar-refractivity contribution in [2.75, 3.05) is 0 Å². The quantitative estimate of drug-likeness (QED) is 0.532. The van der Waals surface area contributed by atoms with E-state index >= 15 is 0 Å². The van der Waals surface area contributed by atoms with E-state index in [1.807, 2.05) is 6.07 Å². The summed E-state index contributed by atoms with van der Waals surface area (Å²) in [5.74, 6) is 0.0431. The first-order valence-corrected chi connectivity index (χ1v) is 2.92. The Morgan fingerprint density at radius 3 is 2.55 bits per heavy atom. The molecule has 0 amide bonds. The molecule has 0 unspecified atom stereocenters. The van der Waals surface area contributed by atoms with E-state index in [4.69, 9.17) is 10.5 Å². The highest BCUT2D eigenvalue weighted by atomic mass is 14.9. The minimum atomic E-state index is 0.0431. The van der Waals surface area contributed by atoms with Crippen molar-refractivity contribution in [3.8, 4) is 12.1 Å². The van der Waals surface area contributed by atoms with Gasteiger partial charge in [0.05, 0.1) is 0 Å². The van der Waals surface area contributed by atoms with Crippen LogP contribution in [0.3, 0.4) is 0 Å². The van der Waals surface area contributed by atoms with Crippen LogP contribution in [-0.2, 0) is 0 Å². The van der Waals surface area contributed by atoms with Crippen molar-refractivity contribution in [2.24, 2.45) is 0 Å². The summed E-state index contributed by atoms with van der Waals surface area (Å²) in [4.78, 5) is 7.41. The highest BCUT2D eigenvalue weighted by Crippen LogP contribution is 1.97. The Balaban J connectivity index is 3.28. The zero-order valence-corrected chi connectivity index (χ0v) is 5.87. The monoisotopic (exact) mass is 144 g/mol. The third-order valence-corrected chi connectivity index (χ3v) is 1.07. The standard InChI is InChI=1S/C7H4N4/c1-5-2-6(3-8)11-7(4-9)10-5/h2H,1H3. The van der Waals surface area contributed by atoms with Crippen LogP contribution in [0.1, 0.15) is 17.2 Å². The SMILES string of the molecule is Cc1cc(C#N)nc(C#N)n1. The Hall–Kier alpha value is -1.94. The molecule has 4 nitrogen and oxygen atoms in total. The van der Waals surface area contributed by atoms with Crippen molar-refractivity contribution in [2.45, 2.75) is 6.92 Å². The van der Waals surface area contributed by atoms with Gasteiger partial charge in [-0.15, -0.1) is 0 Å². The summed E-state index contributed by atoms with van der Waals surface area (Å²) in [6.07, 6.45) is 0. The lowest BCUT2D eigenvalue weighted by atomic mass is 10.3. The highest BCUT2D eigenvalue weighted by Gasteiger charge is 1.98. The van der Waals surface area contributed by atoms with Crippen LogP contribution in [-0.4, -0.2) is 9.97 Å². The Labute approximate surface area is 63.8 Å². The van der Waals surface area contributed by atoms with E-state index in [-0.39, 0.29) is 11.5 Å². The molecule has 0 aliphatic carbocycles. The maximum atomic E-state index is 8.43. The minimum Gasteiger partial charge on any atom is -0.224 e. The molecule has 0 bridgehead atoms. The number of aryl methyl sites for hydroxylation is 1. The predicted molar refractivity (Wildman–Crippen MR) is 36.2 cm³/mol. The fourth-order valence-electron chi connectivity index (χ4n) is 0.676. The molecule has 1 aromatic heterocycles. The van der Waals surface area contributed by atoms with Crippen LogP contribution in [0.5, 0.6) is 0 Å². The van der Waals surface area contributed by atoms with Crippen LogP contribution in [0.2, 0.25) is 0 Å². The summed E-state index contributed by atoms with van der Waals surface area (Å²) in [5.41, 5.74) is 0.863. The Morgan fingerprint density at radius 1 is 1.27 bits per heavy atom. The zero-order chi connectivity index (χ0) is 8.27. The summed E-state index contributed by atoms with van der Waals surface area (Å²) < 4.78 is 0. The van der Waals surface area contributed by atoms with Gasteiger partial charge in [0.25, 0.3) is 0 Å². The molecular formula is C7H4N4. The van der Waals surface area contributed by atoms with Gasteiger partial charge in [-0.3, -0.25) is 0 Å². The first-order chi connectivity index (χ1) is 5.26. The van der Waals surface area contributed by atoms with Crippen LogP contribution in [0.25, 0.3) is 0 Å². The first-order valence-electron chi connectivity index (χ1n) is 2.92. The molecule has 0 atom stereocenters. The molecule has 0 saturated carbocycles. The number of hydrogen-bond donors (Lipinski definition) is 0. The molecule has 0 radical (unpaired) electrons. The van der Waals surface area contributed by atoms with E-state index in [0.29, 0.717) is 5.69 Å². The predicted octanol–water partition coefficient (Wildman–Crippen LogP) is 0.528. The second kappa shape index (κ2) is 2.76. The third-order valence-electron chi connectivity index (χ3n) is 1.07. The normalized spacial score (nSPS) is 8.27. The molecule has 4 heteroatoms. The summed E-state index contributed by atoms with van der Waals surface area (Å²) in [7, 11) is 0. The molecule has 0 spiro atoms. The number of hydrogen-bond acceptors (Lipinski definition) is 4. The third kappa shape index (κ3) is 1.50. The van der Waals surface area contributed by atoms with Crippen LogP contribution < -0.4 is 0 Å². The molecule has 1 heterocycles. The average molecular weight is 144 g/mol. The Morgan fingerprint density at radius 2 is 2.00 bits per heavy atom. The maximum absolute atomic E-state index is 8.43. The minimum absolute atomic E-state index is 0.0431. The van der Waals surface area contributed by atoms with Crippen molar-refractivity contribution in [1.82, 2.24) is 9.97 Å². The van der Waals surface area contributed by atoms with Gasteiger partial charge in [-0.25, -0.2) is 9.97 Å². The van der Waals surface area contributed by atoms with Gasteiger partial charge < -0.3 is 0 Å². The molecule has 11 heavy (non-hydrogen) atoms. The molecular weight excluding hydrogens is 140 g/mol. The fourth-order valence-corrected chi connectivity index (χ4v) is 0.676. The molecule has 0 fully saturated rings. The van der Waals surface area contributed by atoms with E-state index in [9.17, 15) is 0 Å². The lowest BCUT2D eigenvalue weighted by molar-refractivity contribution is 1.04. The number of nitriles is 2. The number of nitrogens with zero attached hydrogens (tertiary/aromatic N) is 4. The summed E-state index contributed by atoms with van der Waals surface area (Å²) in [6, 6.07) is 5.14. The van der Waals surface area contributed by atoms with Gasteiger partial charge in [0.1, 0.15) is 17.8 Å².